The van der Waals surface area contributed by atoms with Gasteiger partial charge in [-0.2, -0.15) is 15.3 Å². The Labute approximate surface area is 123 Å². The highest BCUT2D eigenvalue weighted by molar-refractivity contribution is 5.63. The van der Waals surface area contributed by atoms with Gasteiger partial charge in [-0.1, -0.05) is 0 Å². The molecule has 108 valence electrons. The zero-order valence-corrected chi connectivity index (χ0v) is 11.7. The van der Waals surface area contributed by atoms with Crippen LogP contribution in [-0.2, 0) is 6.54 Å². The van der Waals surface area contributed by atoms with Gasteiger partial charge >= 0.3 is 0 Å². The maximum atomic E-state index is 8.61. The molecule has 1 aliphatic heterocycles. The molecule has 3 rings (SSSR count). The van der Waals surface area contributed by atoms with Crippen LogP contribution in [0.5, 0.6) is 0 Å². The third-order valence-electron chi connectivity index (χ3n) is 3.54. The van der Waals surface area contributed by atoms with Gasteiger partial charge < -0.3 is 10.6 Å². The van der Waals surface area contributed by atoms with Crippen LogP contribution >= 0.6 is 0 Å². The quantitative estimate of drug-likeness (QED) is 0.911. The van der Waals surface area contributed by atoms with E-state index in [9.17, 15) is 0 Å². The van der Waals surface area contributed by atoms with Crippen LogP contribution in [0.4, 0.5) is 11.8 Å². The first kappa shape index (κ1) is 13.4. The lowest BCUT2D eigenvalue weighted by atomic mass is 10.2. The molecule has 0 spiro atoms. The van der Waals surface area contributed by atoms with Crippen LogP contribution in [-0.4, -0.2) is 32.8 Å². The highest BCUT2D eigenvalue weighted by Crippen LogP contribution is 2.24. The molecule has 0 bridgehead atoms. The molecule has 0 atom stereocenters. The van der Waals surface area contributed by atoms with E-state index < -0.39 is 0 Å². The van der Waals surface area contributed by atoms with Gasteiger partial charge in [-0.05, 0) is 12.8 Å². The van der Waals surface area contributed by atoms with Gasteiger partial charge in [-0.3, -0.25) is 4.68 Å². The highest BCUT2D eigenvalue weighted by Gasteiger charge is 2.16. The van der Waals surface area contributed by atoms with Gasteiger partial charge in [0.2, 0.25) is 5.95 Å². The average molecular weight is 283 g/mol. The van der Waals surface area contributed by atoms with E-state index in [0.29, 0.717) is 13.0 Å². The summed E-state index contributed by atoms with van der Waals surface area (Å²) < 4.78 is 1.74. The Hall–Kier alpha value is -2.62. The van der Waals surface area contributed by atoms with Crippen LogP contribution in [0, 0.1) is 11.3 Å². The fourth-order valence-corrected chi connectivity index (χ4v) is 2.49. The molecule has 0 unspecified atom stereocenters. The van der Waals surface area contributed by atoms with Crippen LogP contribution in [0.15, 0.2) is 18.5 Å². The topological polar surface area (TPSA) is 96.7 Å². The summed E-state index contributed by atoms with van der Waals surface area (Å²) in [7, 11) is 0. The first-order valence-electron chi connectivity index (χ1n) is 7.05. The smallest absolute Gasteiger partial charge is 0.222 e. The molecule has 2 aromatic rings. The SMILES string of the molecule is N#CCCn1cc(-c2cc(N3CCCC3)nc(N)n2)cn1. The van der Waals surface area contributed by atoms with Crippen LogP contribution in [0.1, 0.15) is 19.3 Å². The first-order chi connectivity index (χ1) is 10.3. The number of nitriles is 1. The third-order valence-corrected chi connectivity index (χ3v) is 3.54. The number of nitrogen functional groups attached to an aromatic ring is 1. The Morgan fingerprint density at radius 3 is 2.86 bits per heavy atom. The standard InChI is InChI=1S/C14H17N7/c15-4-3-7-21-10-11(9-17-21)12-8-13(19-14(16)18-12)20-5-1-2-6-20/h8-10H,1-3,5-7H2,(H2,16,18,19). The summed E-state index contributed by atoms with van der Waals surface area (Å²) in [5, 5.41) is 12.8. The highest BCUT2D eigenvalue weighted by atomic mass is 15.3. The molecule has 7 heteroatoms. The summed E-state index contributed by atoms with van der Waals surface area (Å²) in [4.78, 5) is 10.8. The number of hydrogen-bond donors (Lipinski definition) is 1. The number of aryl methyl sites for hydroxylation is 1. The van der Waals surface area contributed by atoms with Crippen molar-refractivity contribution in [1.29, 1.82) is 5.26 Å². The molecule has 21 heavy (non-hydrogen) atoms. The van der Waals surface area contributed by atoms with Crippen molar-refractivity contribution in [3.63, 3.8) is 0 Å². The summed E-state index contributed by atoms with van der Waals surface area (Å²) in [6.45, 7) is 2.60. The number of nitrogens with zero attached hydrogens (tertiary/aromatic N) is 6. The molecule has 1 aliphatic rings. The molecule has 0 saturated carbocycles. The van der Waals surface area contributed by atoms with E-state index >= 15 is 0 Å². The maximum absolute atomic E-state index is 8.61. The third kappa shape index (κ3) is 2.94. The van der Waals surface area contributed by atoms with Gasteiger partial charge in [0, 0.05) is 30.9 Å². The normalized spacial score (nSPS) is 14.3. The average Bonchev–Trinajstić information content (AvgIpc) is 3.16. The van der Waals surface area contributed by atoms with E-state index in [1.165, 1.54) is 12.8 Å². The maximum Gasteiger partial charge on any atom is 0.222 e. The summed E-state index contributed by atoms with van der Waals surface area (Å²) in [6, 6.07) is 4.06. The fraction of sp³-hybridized carbons (Fsp3) is 0.429. The molecule has 2 N–H and O–H groups in total. The minimum absolute atomic E-state index is 0.277. The van der Waals surface area contributed by atoms with Gasteiger partial charge in [-0.15, -0.1) is 0 Å². The van der Waals surface area contributed by atoms with Crippen molar-refractivity contribution in [1.82, 2.24) is 19.7 Å². The summed E-state index contributed by atoms with van der Waals surface area (Å²) in [6.07, 6.45) is 6.43. The Balaban J connectivity index is 1.87. The minimum Gasteiger partial charge on any atom is -0.368 e. The van der Waals surface area contributed by atoms with Crippen LogP contribution in [0.25, 0.3) is 11.3 Å². The molecule has 3 heterocycles. The van der Waals surface area contributed by atoms with Crippen molar-refractivity contribution in [3.05, 3.63) is 18.5 Å². The van der Waals surface area contributed by atoms with Crippen molar-refractivity contribution >= 4 is 11.8 Å². The lowest BCUT2D eigenvalue weighted by molar-refractivity contribution is 0.628. The van der Waals surface area contributed by atoms with Crippen molar-refractivity contribution in [2.45, 2.75) is 25.8 Å². The summed E-state index contributed by atoms with van der Waals surface area (Å²) in [5.41, 5.74) is 7.49. The van der Waals surface area contributed by atoms with E-state index in [4.69, 9.17) is 11.0 Å². The molecule has 0 aliphatic carbocycles. The van der Waals surface area contributed by atoms with Crippen molar-refractivity contribution < 1.29 is 0 Å². The van der Waals surface area contributed by atoms with Gasteiger partial charge in [0.15, 0.2) is 0 Å². The predicted octanol–water partition coefficient (Wildman–Crippen LogP) is 1.44. The molecule has 0 radical (unpaired) electrons. The molecular weight excluding hydrogens is 266 g/mol. The number of rotatable bonds is 4. The van der Waals surface area contributed by atoms with Crippen molar-refractivity contribution in [2.75, 3.05) is 23.7 Å². The molecule has 2 aromatic heterocycles. The van der Waals surface area contributed by atoms with Gasteiger partial charge in [0.05, 0.1) is 30.9 Å². The second kappa shape index (κ2) is 5.79. The Morgan fingerprint density at radius 1 is 1.29 bits per heavy atom. The lowest BCUT2D eigenvalue weighted by Crippen LogP contribution is -2.19. The predicted molar refractivity (Wildman–Crippen MR) is 79.3 cm³/mol. The Morgan fingerprint density at radius 2 is 2.10 bits per heavy atom. The molecule has 0 aromatic carbocycles. The van der Waals surface area contributed by atoms with E-state index in [1.807, 2.05) is 12.3 Å². The molecule has 7 nitrogen and oxygen atoms in total. The molecule has 1 fully saturated rings. The van der Waals surface area contributed by atoms with Gasteiger partial charge in [-0.25, -0.2) is 4.98 Å². The van der Waals surface area contributed by atoms with Gasteiger partial charge in [0.1, 0.15) is 5.82 Å². The second-order valence-corrected chi connectivity index (χ2v) is 5.06. The van der Waals surface area contributed by atoms with Crippen LogP contribution < -0.4 is 10.6 Å². The van der Waals surface area contributed by atoms with E-state index in [1.54, 1.807) is 10.9 Å². The monoisotopic (exact) mass is 283 g/mol. The van der Waals surface area contributed by atoms with Crippen LogP contribution in [0.3, 0.4) is 0 Å². The zero-order valence-electron chi connectivity index (χ0n) is 11.7. The van der Waals surface area contributed by atoms with E-state index in [-0.39, 0.29) is 5.95 Å². The summed E-state index contributed by atoms with van der Waals surface area (Å²) >= 11 is 0. The van der Waals surface area contributed by atoms with Gasteiger partial charge in [0.25, 0.3) is 0 Å². The van der Waals surface area contributed by atoms with Crippen molar-refractivity contribution in [3.8, 4) is 17.3 Å². The van der Waals surface area contributed by atoms with E-state index in [0.717, 1.165) is 30.2 Å². The lowest BCUT2D eigenvalue weighted by Gasteiger charge is -2.16. The van der Waals surface area contributed by atoms with Crippen molar-refractivity contribution in [2.24, 2.45) is 0 Å². The largest absolute Gasteiger partial charge is 0.368 e. The fourth-order valence-electron chi connectivity index (χ4n) is 2.49. The number of hydrogen-bond acceptors (Lipinski definition) is 6. The second-order valence-electron chi connectivity index (χ2n) is 5.06. The minimum atomic E-state index is 0.277. The number of nitrogens with two attached hydrogens (primary N) is 1. The van der Waals surface area contributed by atoms with E-state index in [2.05, 4.69) is 26.0 Å². The molecule has 1 saturated heterocycles. The number of aromatic nitrogens is 4. The Bertz CT molecular complexity index is 664. The first-order valence-corrected chi connectivity index (χ1v) is 7.05. The molecule has 0 amide bonds. The number of anilines is 2. The zero-order chi connectivity index (χ0) is 14.7. The summed E-state index contributed by atoms with van der Waals surface area (Å²) in [5.74, 6) is 1.15. The molecular formula is C14H17N7. The van der Waals surface area contributed by atoms with Crippen LogP contribution in [0.2, 0.25) is 0 Å². The Kier molecular flexibility index (Phi) is 3.69.